The van der Waals surface area contributed by atoms with Gasteiger partial charge in [0.05, 0.1) is 6.61 Å². The highest BCUT2D eigenvalue weighted by atomic mass is 16.6. The van der Waals surface area contributed by atoms with E-state index in [0.717, 1.165) is 0 Å². The van der Waals surface area contributed by atoms with Gasteiger partial charge in [-0.2, -0.15) is 0 Å². The Labute approximate surface area is 111 Å². The number of amides is 1. The molecule has 0 spiro atoms. The van der Waals surface area contributed by atoms with Gasteiger partial charge in [0.1, 0.15) is 11.6 Å². The number of nitrogens with one attached hydrogen (secondary N) is 1. The van der Waals surface area contributed by atoms with Crippen molar-refractivity contribution >= 4 is 11.9 Å². The number of aryl methyl sites for hydroxylation is 1. The van der Waals surface area contributed by atoms with Crippen molar-refractivity contribution in [3.63, 3.8) is 0 Å². The average Bonchev–Trinajstić information content (AvgIpc) is 2.38. The summed E-state index contributed by atoms with van der Waals surface area (Å²) in [4.78, 5) is 33.5. The summed E-state index contributed by atoms with van der Waals surface area (Å²) in [6.45, 7) is 6.37. The molecule has 0 bridgehead atoms. The standard InChI is InChI=1S/C12H18N4O3/c1-3-19-12(18)16-6-4-15(5-7-16)10-8-11(17)14-9(2)13-10/h8H,3-7H2,1-2H3,(H,13,14,17). The number of carbonyl (C=O) groups is 1. The summed E-state index contributed by atoms with van der Waals surface area (Å²) in [5.41, 5.74) is -0.157. The van der Waals surface area contributed by atoms with Gasteiger partial charge in [-0.1, -0.05) is 0 Å². The fourth-order valence-electron chi connectivity index (χ4n) is 2.06. The Morgan fingerprint density at radius 2 is 2.11 bits per heavy atom. The zero-order valence-corrected chi connectivity index (χ0v) is 11.2. The van der Waals surface area contributed by atoms with Crippen molar-refractivity contribution in [2.75, 3.05) is 37.7 Å². The molecule has 1 saturated heterocycles. The van der Waals surface area contributed by atoms with Crippen LogP contribution in [0.5, 0.6) is 0 Å². The third-order valence-corrected chi connectivity index (χ3v) is 2.98. The Balaban J connectivity index is 1.99. The van der Waals surface area contributed by atoms with Crippen LogP contribution in [0, 0.1) is 6.92 Å². The minimum absolute atomic E-state index is 0.157. The van der Waals surface area contributed by atoms with Gasteiger partial charge in [-0.25, -0.2) is 9.78 Å². The Morgan fingerprint density at radius 3 is 2.68 bits per heavy atom. The maximum Gasteiger partial charge on any atom is 0.409 e. The van der Waals surface area contributed by atoms with Gasteiger partial charge in [-0.15, -0.1) is 0 Å². The third kappa shape index (κ3) is 3.24. The molecule has 1 aliphatic rings. The summed E-state index contributed by atoms with van der Waals surface area (Å²) in [6.07, 6.45) is -0.280. The highest BCUT2D eigenvalue weighted by Crippen LogP contribution is 2.12. The molecular weight excluding hydrogens is 248 g/mol. The number of carbonyl (C=O) groups excluding carboxylic acids is 1. The van der Waals surface area contributed by atoms with Crippen LogP contribution in [-0.4, -0.2) is 53.7 Å². The molecule has 1 aromatic heterocycles. The molecule has 2 rings (SSSR count). The first kappa shape index (κ1) is 13.4. The van der Waals surface area contributed by atoms with Crippen LogP contribution in [0.2, 0.25) is 0 Å². The van der Waals surface area contributed by atoms with Gasteiger partial charge in [0.15, 0.2) is 0 Å². The Morgan fingerprint density at radius 1 is 1.42 bits per heavy atom. The van der Waals surface area contributed by atoms with Crippen molar-refractivity contribution in [3.8, 4) is 0 Å². The Hall–Kier alpha value is -2.05. The van der Waals surface area contributed by atoms with E-state index in [-0.39, 0.29) is 11.7 Å². The van der Waals surface area contributed by atoms with Crippen molar-refractivity contribution in [1.82, 2.24) is 14.9 Å². The monoisotopic (exact) mass is 266 g/mol. The molecule has 0 atom stereocenters. The molecule has 0 saturated carbocycles. The van der Waals surface area contributed by atoms with E-state index in [1.54, 1.807) is 18.7 Å². The van der Waals surface area contributed by atoms with Crippen LogP contribution in [0.4, 0.5) is 10.6 Å². The average molecular weight is 266 g/mol. The van der Waals surface area contributed by atoms with Crippen molar-refractivity contribution in [2.24, 2.45) is 0 Å². The lowest BCUT2D eigenvalue weighted by atomic mass is 10.3. The number of H-pyrrole nitrogens is 1. The minimum atomic E-state index is -0.280. The van der Waals surface area contributed by atoms with Gasteiger partial charge in [-0.3, -0.25) is 4.79 Å². The van der Waals surface area contributed by atoms with Crippen LogP contribution in [-0.2, 0) is 4.74 Å². The van der Waals surface area contributed by atoms with Crippen LogP contribution >= 0.6 is 0 Å². The summed E-state index contributed by atoms with van der Waals surface area (Å²) in [7, 11) is 0. The van der Waals surface area contributed by atoms with Crippen LogP contribution in [0.15, 0.2) is 10.9 Å². The lowest BCUT2D eigenvalue weighted by molar-refractivity contribution is 0.105. The van der Waals surface area contributed by atoms with Crippen molar-refractivity contribution in [1.29, 1.82) is 0 Å². The van der Waals surface area contributed by atoms with Crippen molar-refractivity contribution in [2.45, 2.75) is 13.8 Å². The largest absolute Gasteiger partial charge is 0.450 e. The van der Waals surface area contributed by atoms with Gasteiger partial charge in [0.25, 0.3) is 5.56 Å². The first-order chi connectivity index (χ1) is 9.10. The molecule has 1 amide bonds. The van der Waals surface area contributed by atoms with E-state index in [9.17, 15) is 9.59 Å². The molecule has 1 N–H and O–H groups in total. The predicted octanol–water partition coefficient (Wildman–Crippen LogP) is 0.357. The van der Waals surface area contributed by atoms with Gasteiger partial charge < -0.3 is 19.5 Å². The van der Waals surface area contributed by atoms with E-state index in [0.29, 0.717) is 44.4 Å². The Kier molecular flexibility index (Phi) is 4.03. The van der Waals surface area contributed by atoms with Crippen molar-refractivity contribution < 1.29 is 9.53 Å². The van der Waals surface area contributed by atoms with E-state index in [4.69, 9.17) is 4.74 Å². The van der Waals surface area contributed by atoms with Crippen LogP contribution in [0.3, 0.4) is 0 Å². The van der Waals surface area contributed by atoms with E-state index < -0.39 is 0 Å². The van der Waals surface area contributed by atoms with Gasteiger partial charge in [0, 0.05) is 32.2 Å². The number of ether oxygens (including phenoxy) is 1. The number of anilines is 1. The molecule has 2 heterocycles. The zero-order chi connectivity index (χ0) is 13.8. The summed E-state index contributed by atoms with van der Waals surface area (Å²) in [6, 6.07) is 1.48. The second-order valence-electron chi connectivity index (χ2n) is 4.36. The van der Waals surface area contributed by atoms with Crippen LogP contribution in [0.1, 0.15) is 12.7 Å². The second-order valence-corrected chi connectivity index (χ2v) is 4.36. The first-order valence-electron chi connectivity index (χ1n) is 6.34. The number of hydrogen-bond acceptors (Lipinski definition) is 5. The minimum Gasteiger partial charge on any atom is -0.450 e. The highest BCUT2D eigenvalue weighted by Gasteiger charge is 2.22. The van der Waals surface area contributed by atoms with Crippen molar-refractivity contribution in [3.05, 3.63) is 22.2 Å². The molecule has 7 nitrogen and oxygen atoms in total. The summed E-state index contributed by atoms with van der Waals surface area (Å²) in [5.74, 6) is 1.25. The normalized spacial score (nSPS) is 15.5. The number of piperazine rings is 1. The highest BCUT2D eigenvalue weighted by molar-refractivity contribution is 5.68. The van der Waals surface area contributed by atoms with E-state index >= 15 is 0 Å². The summed E-state index contributed by atoms with van der Waals surface area (Å²) in [5, 5.41) is 0. The van der Waals surface area contributed by atoms with E-state index in [1.807, 2.05) is 4.90 Å². The first-order valence-corrected chi connectivity index (χ1v) is 6.34. The topological polar surface area (TPSA) is 78.5 Å². The molecule has 1 aromatic rings. The SMILES string of the molecule is CCOC(=O)N1CCN(c2cc(=O)[nH]c(C)n2)CC1. The molecular formula is C12H18N4O3. The van der Waals surface area contributed by atoms with E-state index in [1.165, 1.54) is 6.07 Å². The number of aromatic nitrogens is 2. The molecule has 19 heavy (non-hydrogen) atoms. The lowest BCUT2D eigenvalue weighted by Gasteiger charge is -2.34. The molecule has 0 radical (unpaired) electrons. The van der Waals surface area contributed by atoms with Gasteiger partial charge in [-0.05, 0) is 13.8 Å². The fraction of sp³-hybridized carbons (Fsp3) is 0.583. The third-order valence-electron chi connectivity index (χ3n) is 2.98. The maximum absolute atomic E-state index is 11.6. The van der Waals surface area contributed by atoms with E-state index in [2.05, 4.69) is 9.97 Å². The van der Waals surface area contributed by atoms with Crippen LogP contribution < -0.4 is 10.5 Å². The molecule has 0 aromatic carbocycles. The van der Waals surface area contributed by atoms with Gasteiger partial charge in [0.2, 0.25) is 0 Å². The zero-order valence-electron chi connectivity index (χ0n) is 11.2. The second kappa shape index (κ2) is 5.73. The number of rotatable bonds is 2. The molecule has 1 aliphatic heterocycles. The summed E-state index contributed by atoms with van der Waals surface area (Å²) >= 11 is 0. The smallest absolute Gasteiger partial charge is 0.409 e. The number of nitrogens with zero attached hydrogens (tertiary/aromatic N) is 3. The molecule has 0 aliphatic carbocycles. The molecule has 104 valence electrons. The Bertz CT molecular complexity index is 506. The molecule has 7 heteroatoms. The maximum atomic E-state index is 11.6. The number of aromatic amines is 1. The molecule has 1 fully saturated rings. The molecule has 0 unspecified atom stereocenters. The number of hydrogen-bond donors (Lipinski definition) is 1. The van der Waals surface area contributed by atoms with Gasteiger partial charge >= 0.3 is 6.09 Å². The quantitative estimate of drug-likeness (QED) is 0.836. The lowest BCUT2D eigenvalue weighted by Crippen LogP contribution is -2.49. The predicted molar refractivity (Wildman–Crippen MR) is 70.4 cm³/mol. The van der Waals surface area contributed by atoms with Crippen LogP contribution in [0.25, 0.3) is 0 Å². The summed E-state index contributed by atoms with van der Waals surface area (Å²) < 4.78 is 4.96. The fourth-order valence-corrected chi connectivity index (χ4v) is 2.06.